The van der Waals surface area contributed by atoms with Crippen LogP contribution in [0, 0.1) is 5.92 Å². The van der Waals surface area contributed by atoms with Crippen LogP contribution in [-0.4, -0.2) is 10.9 Å². The minimum Gasteiger partial charge on any atom is -0.388 e. The Morgan fingerprint density at radius 1 is 1.10 bits per heavy atom. The second kappa shape index (κ2) is 6.69. The van der Waals surface area contributed by atoms with Crippen LogP contribution in [0.3, 0.4) is 0 Å². The van der Waals surface area contributed by atoms with E-state index in [-0.39, 0.29) is 5.78 Å². The van der Waals surface area contributed by atoms with E-state index in [4.69, 9.17) is 11.6 Å². The molecule has 3 heteroatoms. The van der Waals surface area contributed by atoms with Crippen molar-refractivity contribution in [2.45, 2.75) is 19.4 Å². The lowest BCUT2D eigenvalue weighted by Gasteiger charge is -2.21. The van der Waals surface area contributed by atoms with Crippen molar-refractivity contribution in [3.8, 4) is 0 Å². The maximum absolute atomic E-state index is 12.5. The molecule has 0 aliphatic carbocycles. The van der Waals surface area contributed by atoms with Gasteiger partial charge in [0.25, 0.3) is 0 Å². The number of hydrogen-bond donors (Lipinski definition) is 1. The third-order valence-corrected chi connectivity index (χ3v) is 3.68. The summed E-state index contributed by atoms with van der Waals surface area (Å²) in [6.45, 7) is 1.91. The van der Waals surface area contributed by atoms with E-state index in [1.807, 2.05) is 25.1 Å². The fourth-order valence-corrected chi connectivity index (χ4v) is 2.39. The van der Waals surface area contributed by atoms with Gasteiger partial charge in [-0.3, -0.25) is 4.79 Å². The van der Waals surface area contributed by atoms with Gasteiger partial charge in [0, 0.05) is 10.6 Å². The molecule has 0 radical (unpaired) electrons. The third-order valence-electron chi connectivity index (χ3n) is 3.43. The zero-order valence-electron chi connectivity index (χ0n) is 11.3. The quantitative estimate of drug-likeness (QED) is 0.834. The summed E-state index contributed by atoms with van der Waals surface area (Å²) in [6.07, 6.45) is -0.234. The Morgan fingerprint density at radius 3 is 2.25 bits per heavy atom. The Labute approximate surface area is 124 Å². The topological polar surface area (TPSA) is 37.3 Å². The van der Waals surface area contributed by atoms with Crippen LogP contribution in [0.5, 0.6) is 0 Å². The molecular formula is C17H17ClO2. The van der Waals surface area contributed by atoms with E-state index in [1.54, 1.807) is 36.4 Å². The summed E-state index contributed by atoms with van der Waals surface area (Å²) in [4.78, 5) is 12.5. The van der Waals surface area contributed by atoms with Gasteiger partial charge in [0.2, 0.25) is 0 Å². The fraction of sp³-hybridized carbons (Fsp3) is 0.235. The second-order valence-electron chi connectivity index (χ2n) is 4.74. The van der Waals surface area contributed by atoms with Gasteiger partial charge in [0.15, 0.2) is 5.78 Å². The van der Waals surface area contributed by atoms with Crippen LogP contribution in [0.25, 0.3) is 0 Å². The molecule has 0 amide bonds. The predicted octanol–water partition coefficient (Wildman–Crippen LogP) is 4.28. The molecule has 0 saturated carbocycles. The fourth-order valence-electron chi connectivity index (χ4n) is 2.26. The zero-order chi connectivity index (χ0) is 14.5. The molecule has 2 aromatic rings. The number of ketones is 1. The highest BCUT2D eigenvalue weighted by Crippen LogP contribution is 2.28. The Kier molecular flexibility index (Phi) is 4.94. The Balaban J connectivity index is 2.23. The normalized spacial score (nSPS) is 13.8. The van der Waals surface area contributed by atoms with Gasteiger partial charge in [-0.05, 0) is 24.1 Å². The van der Waals surface area contributed by atoms with E-state index in [9.17, 15) is 9.90 Å². The minimum atomic E-state index is -0.815. The molecule has 0 aliphatic heterocycles. The molecule has 2 atom stereocenters. The lowest BCUT2D eigenvalue weighted by Crippen LogP contribution is -2.22. The molecule has 2 nitrogen and oxygen atoms in total. The highest BCUT2D eigenvalue weighted by molar-refractivity contribution is 6.30. The summed E-state index contributed by atoms with van der Waals surface area (Å²) >= 11 is 5.84. The number of Topliss-reactive ketones (excluding diaryl/α,β-unsaturated/α-hetero) is 1. The lowest BCUT2D eigenvalue weighted by molar-refractivity contribution is 0.0667. The molecule has 0 fully saturated rings. The van der Waals surface area contributed by atoms with Crippen LogP contribution >= 0.6 is 11.6 Å². The molecule has 20 heavy (non-hydrogen) atoms. The van der Waals surface area contributed by atoms with Gasteiger partial charge in [-0.25, -0.2) is 0 Å². The SMILES string of the molecule is CC[C@H](C(=O)c1ccccc1)[C@H](O)c1ccc(Cl)cc1. The standard InChI is InChI=1S/C17H17ClO2/c1-2-15(16(19)12-6-4-3-5-7-12)17(20)13-8-10-14(18)11-9-13/h3-11,15,17,20H,2H2,1H3/t15-,17-/m1/s1. The van der Waals surface area contributed by atoms with Crippen molar-refractivity contribution < 1.29 is 9.90 Å². The minimum absolute atomic E-state index is 0.0319. The van der Waals surface area contributed by atoms with Crippen molar-refractivity contribution in [2.75, 3.05) is 0 Å². The molecule has 2 rings (SSSR count). The van der Waals surface area contributed by atoms with Crippen molar-refractivity contribution in [3.63, 3.8) is 0 Å². The number of hydrogen-bond acceptors (Lipinski definition) is 2. The van der Waals surface area contributed by atoms with Gasteiger partial charge in [-0.15, -0.1) is 0 Å². The molecule has 0 heterocycles. The maximum atomic E-state index is 12.5. The number of carbonyl (C=O) groups is 1. The maximum Gasteiger partial charge on any atom is 0.168 e. The first-order valence-corrected chi connectivity index (χ1v) is 7.04. The van der Waals surface area contributed by atoms with Crippen LogP contribution in [0.15, 0.2) is 54.6 Å². The monoisotopic (exact) mass is 288 g/mol. The van der Waals surface area contributed by atoms with Crippen LogP contribution in [0.1, 0.15) is 35.4 Å². The van der Waals surface area contributed by atoms with Crippen LogP contribution < -0.4 is 0 Å². The summed E-state index contributed by atoms with van der Waals surface area (Å²) in [6, 6.07) is 16.0. The first-order chi connectivity index (χ1) is 9.63. The molecule has 0 bridgehead atoms. The summed E-state index contributed by atoms with van der Waals surface area (Å²) in [5.41, 5.74) is 1.35. The van der Waals surface area contributed by atoms with Crippen molar-refractivity contribution in [1.82, 2.24) is 0 Å². The van der Waals surface area contributed by atoms with Crippen molar-refractivity contribution in [3.05, 3.63) is 70.7 Å². The number of carbonyl (C=O) groups excluding carboxylic acids is 1. The Bertz CT molecular complexity index is 563. The first kappa shape index (κ1) is 14.8. The van der Waals surface area contributed by atoms with E-state index >= 15 is 0 Å². The molecule has 104 valence electrons. The van der Waals surface area contributed by atoms with Crippen molar-refractivity contribution in [1.29, 1.82) is 0 Å². The van der Waals surface area contributed by atoms with Crippen LogP contribution in [-0.2, 0) is 0 Å². The van der Waals surface area contributed by atoms with E-state index in [2.05, 4.69) is 0 Å². The molecular weight excluding hydrogens is 272 g/mol. The van der Waals surface area contributed by atoms with Gasteiger partial charge in [0.1, 0.15) is 0 Å². The smallest absolute Gasteiger partial charge is 0.168 e. The van der Waals surface area contributed by atoms with Crippen LogP contribution in [0.2, 0.25) is 5.02 Å². The van der Waals surface area contributed by atoms with Gasteiger partial charge in [-0.2, -0.15) is 0 Å². The number of benzene rings is 2. The molecule has 0 aromatic heterocycles. The number of rotatable bonds is 5. The molecule has 0 saturated heterocycles. The number of aliphatic hydroxyl groups excluding tert-OH is 1. The lowest BCUT2D eigenvalue weighted by atomic mass is 9.87. The van der Waals surface area contributed by atoms with Crippen molar-refractivity contribution in [2.24, 2.45) is 5.92 Å². The summed E-state index contributed by atoms with van der Waals surface area (Å²) in [7, 11) is 0. The average Bonchev–Trinajstić information content (AvgIpc) is 2.49. The van der Waals surface area contributed by atoms with Gasteiger partial charge in [0.05, 0.1) is 12.0 Å². The van der Waals surface area contributed by atoms with Crippen molar-refractivity contribution >= 4 is 17.4 Å². The molecule has 0 spiro atoms. The van der Waals surface area contributed by atoms with Crippen LogP contribution in [0.4, 0.5) is 0 Å². The highest BCUT2D eigenvalue weighted by atomic mass is 35.5. The zero-order valence-corrected chi connectivity index (χ0v) is 12.0. The second-order valence-corrected chi connectivity index (χ2v) is 5.18. The van der Waals surface area contributed by atoms with Gasteiger partial charge in [-0.1, -0.05) is 61.0 Å². The largest absolute Gasteiger partial charge is 0.388 e. The van der Waals surface area contributed by atoms with Gasteiger partial charge >= 0.3 is 0 Å². The van der Waals surface area contributed by atoms with E-state index in [0.717, 1.165) is 0 Å². The first-order valence-electron chi connectivity index (χ1n) is 6.66. The third kappa shape index (κ3) is 3.27. The van der Waals surface area contributed by atoms with Gasteiger partial charge < -0.3 is 5.11 Å². The van der Waals surface area contributed by atoms with E-state index < -0.39 is 12.0 Å². The highest BCUT2D eigenvalue weighted by Gasteiger charge is 2.27. The number of aliphatic hydroxyl groups is 1. The average molecular weight is 289 g/mol. The number of halogens is 1. The summed E-state index contributed by atoms with van der Waals surface area (Å²) in [5.74, 6) is -0.478. The molecule has 2 aromatic carbocycles. The summed E-state index contributed by atoms with van der Waals surface area (Å²) in [5, 5.41) is 11.1. The summed E-state index contributed by atoms with van der Waals surface area (Å²) < 4.78 is 0. The Morgan fingerprint density at radius 2 is 1.70 bits per heavy atom. The molecule has 0 aliphatic rings. The predicted molar refractivity (Wildman–Crippen MR) is 81.0 cm³/mol. The molecule has 1 N–H and O–H groups in total. The Hall–Kier alpha value is -1.64. The van der Waals surface area contributed by atoms with E-state index in [1.165, 1.54) is 0 Å². The molecule has 0 unspecified atom stereocenters. The van der Waals surface area contributed by atoms with E-state index in [0.29, 0.717) is 22.6 Å².